The maximum Gasteiger partial charge on any atom is 0.163 e. The molecule has 4 nitrogen and oxygen atoms in total. The third-order valence-corrected chi connectivity index (χ3v) is 3.35. The minimum absolute atomic E-state index is 0.0221. The van der Waals surface area contributed by atoms with Gasteiger partial charge in [0, 0.05) is 13.5 Å². The zero-order valence-electron chi connectivity index (χ0n) is 6.24. The second-order valence-electron chi connectivity index (χ2n) is 2.56. The van der Waals surface area contributed by atoms with Crippen molar-refractivity contribution in [3.8, 4) is 0 Å². The van der Waals surface area contributed by atoms with Crippen LogP contribution in [0.2, 0.25) is 0 Å². The molecule has 0 saturated carbocycles. The van der Waals surface area contributed by atoms with E-state index in [1.54, 1.807) is 0 Å². The van der Waals surface area contributed by atoms with Gasteiger partial charge in [-0.15, -0.1) is 0 Å². The topological polar surface area (TPSA) is 60.4 Å². The van der Waals surface area contributed by atoms with E-state index in [2.05, 4.69) is 0 Å². The molecule has 1 saturated heterocycles. The highest BCUT2D eigenvalue weighted by molar-refractivity contribution is 7.91. The first kappa shape index (κ1) is 8.67. The molecule has 0 unspecified atom stereocenters. The Labute approximate surface area is 65.5 Å². The summed E-state index contributed by atoms with van der Waals surface area (Å²) in [5, 5.41) is 0. The number of rotatable bonds is 1. The molecule has 0 aromatic carbocycles. The largest absolute Gasteiger partial charge is 0.373 e. The fraction of sp³-hybridized carbons (Fsp3) is 0.833. The van der Waals surface area contributed by atoms with Gasteiger partial charge in [0.15, 0.2) is 15.6 Å². The van der Waals surface area contributed by atoms with Gasteiger partial charge in [0.05, 0.1) is 11.5 Å². The van der Waals surface area contributed by atoms with Gasteiger partial charge < -0.3 is 4.74 Å². The van der Waals surface area contributed by atoms with Gasteiger partial charge in [-0.2, -0.15) is 0 Å². The van der Waals surface area contributed by atoms with Crippen molar-refractivity contribution >= 4 is 15.6 Å². The summed E-state index contributed by atoms with van der Waals surface area (Å²) in [6.45, 7) is 0. The zero-order chi connectivity index (χ0) is 8.48. The maximum atomic E-state index is 10.9. The SMILES string of the molecule is CO[C@@H]1CS(=O)(=O)CCC1=O. The third kappa shape index (κ3) is 2.00. The fourth-order valence-electron chi connectivity index (χ4n) is 1.02. The van der Waals surface area contributed by atoms with Crippen molar-refractivity contribution < 1.29 is 17.9 Å². The number of carbonyl (C=O) groups is 1. The van der Waals surface area contributed by atoms with Crippen LogP contribution in [0.4, 0.5) is 0 Å². The van der Waals surface area contributed by atoms with E-state index in [0.717, 1.165) is 0 Å². The molecule has 1 rings (SSSR count). The summed E-state index contributed by atoms with van der Waals surface area (Å²) in [5.41, 5.74) is 0. The lowest BCUT2D eigenvalue weighted by Gasteiger charge is -2.18. The minimum atomic E-state index is -3.02. The molecular formula is C6H10O4S. The first-order valence-corrected chi connectivity index (χ1v) is 5.13. The van der Waals surface area contributed by atoms with E-state index in [1.807, 2.05) is 0 Å². The molecule has 0 aromatic heterocycles. The van der Waals surface area contributed by atoms with Crippen LogP contribution in [0.3, 0.4) is 0 Å². The van der Waals surface area contributed by atoms with Crippen LogP contribution in [0.15, 0.2) is 0 Å². The number of carbonyl (C=O) groups excluding carboxylic acids is 1. The van der Waals surface area contributed by atoms with Crippen LogP contribution in [-0.2, 0) is 19.4 Å². The van der Waals surface area contributed by atoms with Gasteiger partial charge in [-0.1, -0.05) is 0 Å². The molecule has 0 bridgehead atoms. The molecule has 1 fully saturated rings. The molecule has 5 heteroatoms. The molecule has 0 aromatic rings. The number of hydrogen-bond donors (Lipinski definition) is 0. The molecule has 0 aliphatic carbocycles. The monoisotopic (exact) mass is 178 g/mol. The van der Waals surface area contributed by atoms with Crippen LogP contribution < -0.4 is 0 Å². The number of ether oxygens (including phenoxy) is 1. The molecule has 0 amide bonds. The van der Waals surface area contributed by atoms with Crippen LogP contribution in [0.25, 0.3) is 0 Å². The van der Waals surface area contributed by atoms with Gasteiger partial charge in [0.1, 0.15) is 6.10 Å². The summed E-state index contributed by atoms with van der Waals surface area (Å²) in [6.07, 6.45) is -0.630. The van der Waals surface area contributed by atoms with Gasteiger partial charge in [0.25, 0.3) is 0 Å². The molecule has 0 radical (unpaired) electrons. The Bertz CT molecular complexity index is 254. The quantitative estimate of drug-likeness (QED) is 0.537. The Hall–Kier alpha value is -0.420. The first-order valence-electron chi connectivity index (χ1n) is 3.31. The highest BCUT2D eigenvalue weighted by Crippen LogP contribution is 2.10. The average molecular weight is 178 g/mol. The molecule has 64 valence electrons. The van der Waals surface area contributed by atoms with E-state index in [0.29, 0.717) is 0 Å². The van der Waals surface area contributed by atoms with Crippen molar-refractivity contribution in [2.45, 2.75) is 12.5 Å². The predicted molar refractivity (Wildman–Crippen MR) is 39.1 cm³/mol. The molecule has 11 heavy (non-hydrogen) atoms. The standard InChI is InChI=1S/C6H10O4S/c1-10-6-4-11(8,9)3-2-5(6)7/h6H,2-4H2,1H3/t6-/m1/s1. The van der Waals surface area contributed by atoms with Crippen molar-refractivity contribution in [1.29, 1.82) is 0 Å². The number of methoxy groups -OCH3 is 1. The van der Waals surface area contributed by atoms with Crippen LogP contribution in [0, 0.1) is 0 Å². The number of Topliss-reactive ketones (excluding diaryl/α,β-unsaturated/α-hetero) is 1. The van der Waals surface area contributed by atoms with Crippen molar-refractivity contribution in [3.63, 3.8) is 0 Å². The summed E-state index contributed by atoms with van der Waals surface area (Å²) in [5.74, 6) is -0.282. The summed E-state index contributed by atoms with van der Waals surface area (Å²) in [4.78, 5) is 10.9. The molecule has 1 heterocycles. The zero-order valence-corrected chi connectivity index (χ0v) is 7.06. The van der Waals surface area contributed by atoms with Gasteiger partial charge in [0.2, 0.25) is 0 Å². The van der Waals surface area contributed by atoms with Gasteiger partial charge in [-0.3, -0.25) is 4.79 Å². The highest BCUT2D eigenvalue weighted by Gasteiger charge is 2.31. The highest BCUT2D eigenvalue weighted by atomic mass is 32.2. The molecule has 1 atom stereocenters. The average Bonchev–Trinajstić information content (AvgIpc) is 1.94. The third-order valence-electron chi connectivity index (χ3n) is 1.71. The van der Waals surface area contributed by atoms with E-state index < -0.39 is 15.9 Å². The number of sulfone groups is 1. The van der Waals surface area contributed by atoms with Gasteiger partial charge >= 0.3 is 0 Å². The van der Waals surface area contributed by atoms with E-state index in [9.17, 15) is 13.2 Å². The smallest absolute Gasteiger partial charge is 0.163 e. The maximum absolute atomic E-state index is 10.9. The second-order valence-corrected chi connectivity index (χ2v) is 4.78. The fourth-order valence-corrected chi connectivity index (χ4v) is 2.49. The molecule has 1 aliphatic rings. The number of ketones is 1. The van der Waals surface area contributed by atoms with Crippen molar-refractivity contribution in [1.82, 2.24) is 0 Å². The van der Waals surface area contributed by atoms with Crippen LogP contribution in [0.1, 0.15) is 6.42 Å². The summed E-state index contributed by atoms with van der Waals surface area (Å²) in [7, 11) is -1.67. The van der Waals surface area contributed by atoms with E-state index in [-0.39, 0.29) is 23.7 Å². The van der Waals surface area contributed by atoms with Gasteiger partial charge in [-0.05, 0) is 0 Å². The lowest BCUT2D eigenvalue weighted by molar-refractivity contribution is -0.127. The summed E-state index contributed by atoms with van der Waals surface area (Å²) in [6, 6.07) is 0. The molecule has 0 N–H and O–H groups in total. The van der Waals surface area contributed by atoms with Crippen molar-refractivity contribution in [3.05, 3.63) is 0 Å². The van der Waals surface area contributed by atoms with Crippen molar-refractivity contribution in [2.75, 3.05) is 18.6 Å². The van der Waals surface area contributed by atoms with Crippen LogP contribution >= 0.6 is 0 Å². The summed E-state index contributed by atoms with van der Waals surface area (Å²) < 4.78 is 26.6. The Balaban J connectivity index is 2.74. The van der Waals surface area contributed by atoms with Crippen LogP contribution in [-0.4, -0.2) is 38.9 Å². The van der Waals surface area contributed by atoms with Crippen molar-refractivity contribution in [2.24, 2.45) is 0 Å². The minimum Gasteiger partial charge on any atom is -0.373 e. The summed E-state index contributed by atoms with van der Waals surface area (Å²) >= 11 is 0. The van der Waals surface area contributed by atoms with E-state index in [1.165, 1.54) is 7.11 Å². The Morgan fingerprint density at radius 1 is 1.55 bits per heavy atom. The number of hydrogen-bond acceptors (Lipinski definition) is 4. The lowest BCUT2D eigenvalue weighted by atomic mass is 10.2. The molecular weight excluding hydrogens is 168 g/mol. The first-order chi connectivity index (χ1) is 5.05. The van der Waals surface area contributed by atoms with E-state index in [4.69, 9.17) is 4.74 Å². The predicted octanol–water partition coefficient (Wildman–Crippen LogP) is -0.611. The molecule has 0 spiro atoms. The lowest BCUT2D eigenvalue weighted by Crippen LogP contribution is -2.38. The Kier molecular flexibility index (Phi) is 2.29. The molecule has 1 aliphatic heterocycles. The Morgan fingerprint density at radius 2 is 2.18 bits per heavy atom. The van der Waals surface area contributed by atoms with E-state index >= 15 is 0 Å². The second kappa shape index (κ2) is 2.91. The normalized spacial score (nSPS) is 30.3. The van der Waals surface area contributed by atoms with Gasteiger partial charge in [-0.25, -0.2) is 8.42 Å². The van der Waals surface area contributed by atoms with Crippen LogP contribution in [0.5, 0.6) is 0 Å². The Morgan fingerprint density at radius 3 is 2.64 bits per heavy atom.